The normalized spacial score (nSPS) is 10.7. The molecule has 0 spiro atoms. The lowest BCUT2D eigenvalue weighted by atomic mass is 10.2. The predicted octanol–water partition coefficient (Wildman–Crippen LogP) is 3.22. The molecular formula is C9H10F2S. The Kier molecular flexibility index (Phi) is 3.53. The maximum absolute atomic E-state index is 12.0. The standard InChI is InChI=1S/C9H10F2S/c1-12-8-5-3-2-4-7(8)6-9(10)11/h2-5,9H,6H2,1H3. The highest BCUT2D eigenvalue weighted by molar-refractivity contribution is 7.98. The van der Waals surface area contributed by atoms with Crippen LogP contribution >= 0.6 is 11.8 Å². The Hall–Kier alpha value is -0.570. The lowest BCUT2D eigenvalue weighted by molar-refractivity contribution is 0.148. The third-order valence-electron chi connectivity index (χ3n) is 1.57. The molecule has 0 heterocycles. The maximum atomic E-state index is 12.0. The quantitative estimate of drug-likeness (QED) is 0.656. The Morgan fingerprint density at radius 3 is 2.58 bits per heavy atom. The fraction of sp³-hybridized carbons (Fsp3) is 0.333. The van der Waals surface area contributed by atoms with Crippen molar-refractivity contribution < 1.29 is 8.78 Å². The molecule has 0 amide bonds. The number of thioether (sulfide) groups is 1. The summed E-state index contributed by atoms with van der Waals surface area (Å²) >= 11 is 1.50. The second-order valence-electron chi connectivity index (χ2n) is 2.41. The summed E-state index contributed by atoms with van der Waals surface area (Å²) in [5, 5.41) is 0. The molecule has 0 aliphatic rings. The van der Waals surface area contributed by atoms with Gasteiger partial charge in [0, 0.05) is 11.3 Å². The Morgan fingerprint density at radius 2 is 2.00 bits per heavy atom. The number of hydrogen-bond donors (Lipinski definition) is 0. The summed E-state index contributed by atoms with van der Waals surface area (Å²) in [6.07, 6.45) is -0.500. The Bertz CT molecular complexity index is 248. The first-order valence-electron chi connectivity index (χ1n) is 3.64. The van der Waals surface area contributed by atoms with Crippen LogP contribution in [0.15, 0.2) is 29.2 Å². The van der Waals surface area contributed by atoms with E-state index in [-0.39, 0.29) is 6.42 Å². The van der Waals surface area contributed by atoms with Crippen LogP contribution in [0.25, 0.3) is 0 Å². The molecule has 0 bridgehead atoms. The molecule has 0 aliphatic heterocycles. The van der Waals surface area contributed by atoms with Gasteiger partial charge in [0.15, 0.2) is 0 Å². The molecule has 0 aliphatic carbocycles. The monoisotopic (exact) mass is 188 g/mol. The van der Waals surface area contributed by atoms with Gasteiger partial charge in [-0.3, -0.25) is 0 Å². The lowest BCUT2D eigenvalue weighted by Crippen LogP contribution is -1.97. The summed E-state index contributed by atoms with van der Waals surface area (Å²) in [6.45, 7) is 0. The third kappa shape index (κ3) is 2.48. The van der Waals surface area contributed by atoms with E-state index in [1.165, 1.54) is 11.8 Å². The molecule has 1 aromatic rings. The van der Waals surface area contributed by atoms with E-state index in [2.05, 4.69) is 0 Å². The highest BCUT2D eigenvalue weighted by Crippen LogP contribution is 2.21. The highest BCUT2D eigenvalue weighted by atomic mass is 32.2. The molecule has 0 fully saturated rings. The first-order chi connectivity index (χ1) is 5.74. The minimum atomic E-state index is -2.25. The fourth-order valence-corrected chi connectivity index (χ4v) is 1.67. The van der Waals surface area contributed by atoms with Crippen LogP contribution in [-0.2, 0) is 6.42 Å². The fourth-order valence-electron chi connectivity index (χ4n) is 1.04. The van der Waals surface area contributed by atoms with Crippen molar-refractivity contribution in [2.24, 2.45) is 0 Å². The number of rotatable bonds is 3. The maximum Gasteiger partial charge on any atom is 0.242 e. The number of hydrogen-bond acceptors (Lipinski definition) is 1. The summed E-state index contributed by atoms with van der Waals surface area (Å²) in [7, 11) is 0. The van der Waals surface area contributed by atoms with E-state index in [0.29, 0.717) is 0 Å². The van der Waals surface area contributed by atoms with E-state index >= 15 is 0 Å². The van der Waals surface area contributed by atoms with Gasteiger partial charge in [0.2, 0.25) is 6.43 Å². The van der Waals surface area contributed by atoms with Crippen LogP contribution in [0.5, 0.6) is 0 Å². The summed E-state index contributed by atoms with van der Waals surface area (Å²) in [4.78, 5) is 0.942. The molecule has 0 unspecified atom stereocenters. The third-order valence-corrected chi connectivity index (χ3v) is 2.40. The molecule has 3 heteroatoms. The van der Waals surface area contributed by atoms with Gasteiger partial charge in [-0.05, 0) is 17.9 Å². The summed E-state index contributed by atoms with van der Waals surface area (Å²) in [5.41, 5.74) is 0.736. The summed E-state index contributed by atoms with van der Waals surface area (Å²) < 4.78 is 24.1. The molecular weight excluding hydrogens is 178 g/mol. The first kappa shape index (κ1) is 9.52. The molecule has 12 heavy (non-hydrogen) atoms. The SMILES string of the molecule is CSc1ccccc1CC(F)F. The van der Waals surface area contributed by atoms with Crippen molar-refractivity contribution in [3.8, 4) is 0 Å². The minimum absolute atomic E-state index is 0.142. The smallest absolute Gasteiger partial charge is 0.210 e. The van der Waals surface area contributed by atoms with Crippen LogP contribution in [0.2, 0.25) is 0 Å². The highest BCUT2D eigenvalue weighted by Gasteiger charge is 2.07. The van der Waals surface area contributed by atoms with Gasteiger partial charge in [0.05, 0.1) is 0 Å². The van der Waals surface area contributed by atoms with Gasteiger partial charge < -0.3 is 0 Å². The zero-order valence-corrected chi connectivity index (χ0v) is 7.57. The Morgan fingerprint density at radius 1 is 1.33 bits per heavy atom. The molecule has 66 valence electrons. The zero-order chi connectivity index (χ0) is 8.97. The van der Waals surface area contributed by atoms with Crippen molar-refractivity contribution in [1.29, 1.82) is 0 Å². The first-order valence-corrected chi connectivity index (χ1v) is 4.86. The summed E-state index contributed by atoms with van der Waals surface area (Å²) in [5.74, 6) is 0. The van der Waals surface area contributed by atoms with Crippen molar-refractivity contribution in [2.45, 2.75) is 17.7 Å². The van der Waals surface area contributed by atoms with Gasteiger partial charge in [-0.1, -0.05) is 18.2 Å². The van der Waals surface area contributed by atoms with Crippen molar-refractivity contribution in [1.82, 2.24) is 0 Å². The van der Waals surface area contributed by atoms with Crippen LogP contribution < -0.4 is 0 Å². The minimum Gasteiger partial charge on any atom is -0.210 e. The van der Waals surface area contributed by atoms with Crippen molar-refractivity contribution in [2.75, 3.05) is 6.26 Å². The van der Waals surface area contributed by atoms with Crippen LogP contribution in [0.4, 0.5) is 8.78 Å². The molecule has 0 aromatic heterocycles. The van der Waals surface area contributed by atoms with Crippen LogP contribution in [-0.4, -0.2) is 12.7 Å². The van der Waals surface area contributed by atoms with Crippen LogP contribution in [0.3, 0.4) is 0 Å². The topological polar surface area (TPSA) is 0 Å². The van der Waals surface area contributed by atoms with Crippen LogP contribution in [0.1, 0.15) is 5.56 Å². The van der Waals surface area contributed by atoms with Crippen molar-refractivity contribution in [3.05, 3.63) is 29.8 Å². The van der Waals surface area contributed by atoms with Gasteiger partial charge in [-0.25, -0.2) is 8.78 Å². The van der Waals surface area contributed by atoms with E-state index in [1.807, 2.05) is 18.4 Å². The number of alkyl halides is 2. The number of halogens is 2. The van der Waals surface area contributed by atoms with Gasteiger partial charge in [0.1, 0.15) is 0 Å². The molecule has 0 radical (unpaired) electrons. The average Bonchev–Trinajstić information content (AvgIpc) is 2.04. The lowest BCUT2D eigenvalue weighted by Gasteiger charge is -2.05. The van der Waals surface area contributed by atoms with E-state index in [9.17, 15) is 8.78 Å². The second kappa shape index (κ2) is 4.45. The number of benzene rings is 1. The largest absolute Gasteiger partial charge is 0.242 e. The van der Waals surface area contributed by atoms with E-state index in [1.54, 1.807) is 12.1 Å². The molecule has 1 aromatic carbocycles. The van der Waals surface area contributed by atoms with Gasteiger partial charge in [-0.2, -0.15) is 0 Å². The van der Waals surface area contributed by atoms with E-state index in [0.717, 1.165) is 10.5 Å². The molecule has 1 rings (SSSR count). The Labute approximate surface area is 75.0 Å². The predicted molar refractivity (Wildman–Crippen MR) is 47.9 cm³/mol. The molecule has 0 atom stereocenters. The molecule has 0 saturated heterocycles. The second-order valence-corrected chi connectivity index (χ2v) is 3.26. The van der Waals surface area contributed by atoms with Gasteiger partial charge in [0.25, 0.3) is 0 Å². The van der Waals surface area contributed by atoms with E-state index < -0.39 is 6.43 Å². The summed E-state index contributed by atoms with van der Waals surface area (Å²) in [6, 6.07) is 7.26. The van der Waals surface area contributed by atoms with Gasteiger partial charge >= 0.3 is 0 Å². The molecule has 0 N–H and O–H groups in total. The van der Waals surface area contributed by atoms with Crippen molar-refractivity contribution >= 4 is 11.8 Å². The van der Waals surface area contributed by atoms with E-state index in [4.69, 9.17) is 0 Å². The van der Waals surface area contributed by atoms with Crippen molar-refractivity contribution in [3.63, 3.8) is 0 Å². The van der Waals surface area contributed by atoms with Gasteiger partial charge in [-0.15, -0.1) is 11.8 Å². The molecule has 0 nitrogen and oxygen atoms in total. The average molecular weight is 188 g/mol. The van der Waals surface area contributed by atoms with Crippen LogP contribution in [0, 0.1) is 0 Å². The Balaban J connectivity index is 2.82. The molecule has 0 saturated carbocycles. The zero-order valence-electron chi connectivity index (χ0n) is 6.76.